The Morgan fingerprint density at radius 1 is 1.03 bits per heavy atom. The van der Waals surface area contributed by atoms with Gasteiger partial charge in [0, 0.05) is 38.8 Å². The molecule has 31 heavy (non-hydrogen) atoms. The predicted octanol–water partition coefficient (Wildman–Crippen LogP) is 3.56. The molecule has 160 valence electrons. The van der Waals surface area contributed by atoms with Gasteiger partial charge >= 0.3 is 0 Å². The van der Waals surface area contributed by atoms with E-state index in [0.29, 0.717) is 18.1 Å². The van der Waals surface area contributed by atoms with Crippen LogP contribution in [0.1, 0.15) is 12.0 Å². The third-order valence-electron chi connectivity index (χ3n) is 5.08. The highest BCUT2D eigenvalue weighted by molar-refractivity contribution is 6.30. The normalized spacial score (nSPS) is 13.9. The SMILES string of the molecule is O=C(CCc1ccc(F)c(Cl)c1)Nc1cnc(N2CCN(c3ccccn3)CC2)nc1. The Hall–Kier alpha value is -3.26. The van der Waals surface area contributed by atoms with E-state index in [1.165, 1.54) is 12.1 Å². The minimum atomic E-state index is -0.467. The van der Waals surface area contributed by atoms with Gasteiger partial charge in [0.15, 0.2) is 0 Å². The number of pyridine rings is 1. The number of carbonyl (C=O) groups is 1. The summed E-state index contributed by atoms with van der Waals surface area (Å²) in [6.45, 7) is 3.27. The molecular formula is C22H22ClFN6O. The van der Waals surface area contributed by atoms with Crippen molar-refractivity contribution in [2.75, 3.05) is 41.3 Å². The molecule has 7 nitrogen and oxygen atoms in total. The van der Waals surface area contributed by atoms with Gasteiger partial charge in [-0.15, -0.1) is 0 Å². The molecule has 1 amide bonds. The second-order valence-electron chi connectivity index (χ2n) is 7.23. The van der Waals surface area contributed by atoms with Crippen molar-refractivity contribution in [1.29, 1.82) is 0 Å². The Morgan fingerprint density at radius 2 is 1.77 bits per heavy atom. The molecule has 0 bridgehead atoms. The van der Waals surface area contributed by atoms with E-state index in [1.807, 2.05) is 18.2 Å². The molecule has 1 saturated heterocycles. The Kier molecular flexibility index (Phi) is 6.57. The van der Waals surface area contributed by atoms with Crippen LogP contribution in [0, 0.1) is 5.82 Å². The van der Waals surface area contributed by atoms with E-state index in [-0.39, 0.29) is 17.4 Å². The molecule has 1 aliphatic heterocycles. The van der Waals surface area contributed by atoms with Crippen LogP contribution in [0.15, 0.2) is 55.0 Å². The first-order valence-electron chi connectivity index (χ1n) is 10.1. The van der Waals surface area contributed by atoms with Gasteiger partial charge in [0.2, 0.25) is 11.9 Å². The van der Waals surface area contributed by atoms with Gasteiger partial charge in [0.25, 0.3) is 0 Å². The summed E-state index contributed by atoms with van der Waals surface area (Å²) in [5.74, 6) is 0.981. The van der Waals surface area contributed by atoms with Gasteiger partial charge in [-0.1, -0.05) is 23.7 Å². The lowest BCUT2D eigenvalue weighted by Gasteiger charge is -2.35. The Bertz CT molecular complexity index is 1030. The summed E-state index contributed by atoms with van der Waals surface area (Å²) < 4.78 is 13.2. The smallest absolute Gasteiger partial charge is 0.225 e. The lowest BCUT2D eigenvalue weighted by atomic mass is 10.1. The quantitative estimate of drug-likeness (QED) is 0.631. The fraction of sp³-hybridized carbons (Fsp3) is 0.273. The lowest BCUT2D eigenvalue weighted by molar-refractivity contribution is -0.116. The maximum absolute atomic E-state index is 13.2. The van der Waals surface area contributed by atoms with Crippen LogP contribution in [0.25, 0.3) is 0 Å². The lowest BCUT2D eigenvalue weighted by Crippen LogP contribution is -2.47. The number of hydrogen-bond acceptors (Lipinski definition) is 6. The highest BCUT2D eigenvalue weighted by atomic mass is 35.5. The zero-order chi connectivity index (χ0) is 21.6. The van der Waals surface area contributed by atoms with E-state index in [1.54, 1.807) is 24.7 Å². The van der Waals surface area contributed by atoms with Crippen molar-refractivity contribution in [2.24, 2.45) is 0 Å². The number of anilines is 3. The van der Waals surface area contributed by atoms with Crippen LogP contribution >= 0.6 is 11.6 Å². The number of carbonyl (C=O) groups excluding carboxylic acids is 1. The van der Waals surface area contributed by atoms with Crippen LogP contribution in [0.5, 0.6) is 0 Å². The zero-order valence-electron chi connectivity index (χ0n) is 16.8. The molecule has 0 atom stereocenters. The van der Waals surface area contributed by atoms with Gasteiger partial charge < -0.3 is 15.1 Å². The number of hydrogen-bond donors (Lipinski definition) is 1. The molecular weight excluding hydrogens is 419 g/mol. The van der Waals surface area contributed by atoms with Gasteiger partial charge in [-0.05, 0) is 36.2 Å². The molecule has 4 rings (SSSR count). The van der Waals surface area contributed by atoms with E-state index in [2.05, 4.69) is 30.1 Å². The fourth-order valence-corrected chi connectivity index (χ4v) is 3.61. The monoisotopic (exact) mass is 440 g/mol. The molecule has 2 aromatic heterocycles. The van der Waals surface area contributed by atoms with Crippen LogP contribution in [-0.2, 0) is 11.2 Å². The Balaban J connectivity index is 1.26. The molecule has 0 spiro atoms. The average molecular weight is 441 g/mol. The van der Waals surface area contributed by atoms with E-state index >= 15 is 0 Å². The van der Waals surface area contributed by atoms with Crippen LogP contribution in [-0.4, -0.2) is 47.0 Å². The minimum absolute atomic E-state index is 0.0581. The third-order valence-corrected chi connectivity index (χ3v) is 5.37. The fourth-order valence-electron chi connectivity index (χ4n) is 3.40. The average Bonchev–Trinajstić information content (AvgIpc) is 2.81. The third kappa shape index (κ3) is 5.46. The summed E-state index contributed by atoms with van der Waals surface area (Å²) in [7, 11) is 0. The summed E-state index contributed by atoms with van der Waals surface area (Å²) in [5.41, 5.74) is 1.34. The summed E-state index contributed by atoms with van der Waals surface area (Å²) in [6, 6.07) is 10.4. The molecule has 0 aliphatic carbocycles. The van der Waals surface area contributed by atoms with Gasteiger partial charge in [-0.2, -0.15) is 0 Å². The number of halogens is 2. The van der Waals surface area contributed by atoms with Crippen molar-refractivity contribution in [3.8, 4) is 0 Å². The van der Waals surface area contributed by atoms with Crippen LogP contribution in [0.2, 0.25) is 5.02 Å². The summed E-state index contributed by atoms with van der Waals surface area (Å²) in [6.07, 6.45) is 5.73. The Labute approximate surface area is 184 Å². The first kappa shape index (κ1) is 21.0. The standard InChI is InChI=1S/C22H22ClFN6O/c23-18-13-16(4-6-19(18)24)5-7-21(31)28-17-14-26-22(27-15-17)30-11-9-29(10-12-30)20-3-1-2-8-25-20/h1-4,6,8,13-15H,5,7,9-12H2,(H,28,31). The summed E-state index contributed by atoms with van der Waals surface area (Å²) in [4.78, 5) is 29.7. The predicted molar refractivity (Wildman–Crippen MR) is 119 cm³/mol. The van der Waals surface area contributed by atoms with E-state index < -0.39 is 5.82 Å². The summed E-state index contributed by atoms with van der Waals surface area (Å²) in [5, 5.41) is 2.85. The van der Waals surface area contributed by atoms with Gasteiger partial charge in [0.1, 0.15) is 11.6 Å². The van der Waals surface area contributed by atoms with E-state index in [0.717, 1.165) is 37.6 Å². The van der Waals surface area contributed by atoms with Crippen LogP contribution in [0.3, 0.4) is 0 Å². The molecule has 1 N–H and O–H groups in total. The minimum Gasteiger partial charge on any atom is -0.353 e. The van der Waals surface area contributed by atoms with Crippen molar-refractivity contribution in [1.82, 2.24) is 15.0 Å². The van der Waals surface area contributed by atoms with Crippen LogP contribution in [0.4, 0.5) is 21.8 Å². The zero-order valence-corrected chi connectivity index (χ0v) is 17.6. The van der Waals surface area contributed by atoms with Gasteiger partial charge in [-0.3, -0.25) is 4.79 Å². The maximum Gasteiger partial charge on any atom is 0.225 e. The molecule has 1 fully saturated rings. The van der Waals surface area contributed by atoms with E-state index in [9.17, 15) is 9.18 Å². The second-order valence-corrected chi connectivity index (χ2v) is 7.64. The van der Waals surface area contributed by atoms with Crippen molar-refractivity contribution < 1.29 is 9.18 Å². The Morgan fingerprint density at radius 3 is 2.45 bits per heavy atom. The van der Waals surface area contributed by atoms with Crippen molar-refractivity contribution >= 4 is 35.0 Å². The first-order valence-corrected chi connectivity index (χ1v) is 10.4. The van der Waals surface area contributed by atoms with E-state index in [4.69, 9.17) is 11.6 Å². The van der Waals surface area contributed by atoms with Gasteiger partial charge in [-0.25, -0.2) is 19.3 Å². The molecule has 1 aromatic carbocycles. The summed E-state index contributed by atoms with van der Waals surface area (Å²) >= 11 is 5.78. The molecule has 3 heterocycles. The number of nitrogens with zero attached hydrogens (tertiary/aromatic N) is 5. The number of nitrogens with one attached hydrogen (secondary N) is 1. The molecule has 0 unspecified atom stereocenters. The topological polar surface area (TPSA) is 74.2 Å². The van der Waals surface area contributed by atoms with Crippen molar-refractivity contribution in [3.05, 3.63) is 71.4 Å². The van der Waals surface area contributed by atoms with Gasteiger partial charge in [0.05, 0.1) is 23.1 Å². The number of piperazine rings is 1. The molecule has 0 saturated carbocycles. The number of amides is 1. The highest BCUT2D eigenvalue weighted by Crippen LogP contribution is 2.18. The number of aromatic nitrogens is 3. The largest absolute Gasteiger partial charge is 0.353 e. The highest BCUT2D eigenvalue weighted by Gasteiger charge is 2.19. The number of aryl methyl sites for hydroxylation is 1. The number of rotatable bonds is 6. The van der Waals surface area contributed by atoms with Crippen LogP contribution < -0.4 is 15.1 Å². The molecule has 1 aliphatic rings. The molecule has 0 radical (unpaired) electrons. The first-order chi connectivity index (χ1) is 15.1. The maximum atomic E-state index is 13.2. The van der Waals surface area contributed by atoms with Crippen molar-refractivity contribution in [3.63, 3.8) is 0 Å². The molecule has 3 aromatic rings. The second kappa shape index (κ2) is 9.70. The van der Waals surface area contributed by atoms with Crippen molar-refractivity contribution in [2.45, 2.75) is 12.8 Å². The molecule has 9 heteroatoms. The number of benzene rings is 1.